The van der Waals surface area contributed by atoms with Gasteiger partial charge in [-0.15, -0.1) is 6.58 Å². The van der Waals surface area contributed by atoms with E-state index in [0.29, 0.717) is 0 Å². The first-order valence-electron chi connectivity index (χ1n) is 6.32. The van der Waals surface area contributed by atoms with Gasteiger partial charge in [0.1, 0.15) is 0 Å². The lowest BCUT2D eigenvalue weighted by molar-refractivity contribution is 0.185. The fraction of sp³-hybridized carbons (Fsp3) is 0.467. The zero-order valence-corrected chi connectivity index (χ0v) is 12.2. The maximum absolute atomic E-state index is 9.29. The van der Waals surface area contributed by atoms with E-state index in [1.165, 1.54) is 10.8 Å². The number of aliphatic hydroxyl groups excluding tert-OH is 1. The molecule has 1 rings (SSSR count). The van der Waals surface area contributed by atoms with E-state index in [-0.39, 0.29) is 6.10 Å². The number of hydrogen-bond donors (Lipinski definition) is 1. The fourth-order valence-electron chi connectivity index (χ4n) is 2.12. The van der Waals surface area contributed by atoms with E-state index in [1.54, 1.807) is 0 Å². The van der Waals surface area contributed by atoms with Crippen molar-refractivity contribution in [2.75, 3.05) is 0 Å². The molecule has 1 unspecified atom stereocenters. The predicted octanol–water partition coefficient (Wildman–Crippen LogP) is 3.32. The summed E-state index contributed by atoms with van der Waals surface area (Å²) in [4.78, 5) is 0. The molecule has 0 amide bonds. The first-order chi connectivity index (χ1) is 7.92. The number of hydrogen-bond acceptors (Lipinski definition) is 1. The van der Waals surface area contributed by atoms with Crippen molar-refractivity contribution in [1.82, 2.24) is 0 Å². The van der Waals surface area contributed by atoms with Crippen LogP contribution in [0, 0.1) is 0 Å². The third kappa shape index (κ3) is 4.88. The summed E-state index contributed by atoms with van der Waals surface area (Å²) in [6.07, 6.45) is 1.56. The minimum Gasteiger partial charge on any atom is -0.393 e. The van der Waals surface area contributed by atoms with Gasteiger partial charge in [0, 0.05) is 0 Å². The summed E-state index contributed by atoms with van der Waals surface area (Å²) in [6.45, 7) is 10.8. The Hall–Kier alpha value is -0.863. The highest BCUT2D eigenvalue weighted by molar-refractivity contribution is 6.90. The minimum absolute atomic E-state index is 0.215. The predicted molar refractivity (Wildman–Crippen MR) is 78.4 cm³/mol. The van der Waals surface area contributed by atoms with Crippen LogP contribution in [0.4, 0.5) is 0 Å². The fourth-order valence-corrected chi connectivity index (χ4v) is 4.84. The Labute approximate surface area is 106 Å². The van der Waals surface area contributed by atoms with Gasteiger partial charge < -0.3 is 5.11 Å². The molecule has 0 aliphatic heterocycles. The van der Waals surface area contributed by atoms with Gasteiger partial charge in [0.2, 0.25) is 0 Å². The van der Waals surface area contributed by atoms with Crippen molar-refractivity contribution >= 4 is 13.3 Å². The van der Waals surface area contributed by atoms with Gasteiger partial charge >= 0.3 is 0 Å². The summed E-state index contributed by atoms with van der Waals surface area (Å²) in [5, 5.41) is 10.8. The molecule has 1 aromatic rings. The molecule has 0 heterocycles. The summed E-state index contributed by atoms with van der Waals surface area (Å²) in [5.41, 5.74) is 1.28. The second kappa shape index (κ2) is 6.17. The second-order valence-corrected chi connectivity index (χ2v) is 10.3. The van der Waals surface area contributed by atoms with Crippen LogP contribution in [0.5, 0.6) is 0 Å². The van der Waals surface area contributed by atoms with Gasteiger partial charge in [-0.25, -0.2) is 0 Å². The van der Waals surface area contributed by atoms with Crippen molar-refractivity contribution in [2.45, 2.75) is 45.0 Å². The number of aliphatic hydroxyl groups is 1. The van der Waals surface area contributed by atoms with Gasteiger partial charge in [0.05, 0.1) is 14.2 Å². The van der Waals surface area contributed by atoms with Crippen LogP contribution in [0.25, 0.3) is 0 Å². The van der Waals surface area contributed by atoms with Crippen LogP contribution < -0.4 is 5.19 Å². The van der Waals surface area contributed by atoms with E-state index in [9.17, 15) is 5.11 Å². The third-order valence-corrected chi connectivity index (χ3v) is 6.44. The molecule has 0 aliphatic carbocycles. The van der Waals surface area contributed by atoms with E-state index in [0.717, 1.165) is 18.9 Å². The Morgan fingerprint density at radius 3 is 2.41 bits per heavy atom. The largest absolute Gasteiger partial charge is 0.393 e. The van der Waals surface area contributed by atoms with Gasteiger partial charge in [-0.05, 0) is 25.8 Å². The lowest BCUT2D eigenvalue weighted by atomic mass is 10.1. The summed E-state index contributed by atoms with van der Waals surface area (Å²) < 4.78 is 0. The van der Waals surface area contributed by atoms with Crippen LogP contribution in [0.1, 0.15) is 19.8 Å². The minimum atomic E-state index is -1.40. The monoisotopic (exact) mass is 248 g/mol. The standard InChI is InChI=1S/C15H24OSi/c1-13(10-11-14(2)16)12-17(3,4)15-8-6-5-7-9-15/h5-9,14,16H,1,10-12H2,2-4H3. The van der Waals surface area contributed by atoms with Crippen LogP contribution in [0.3, 0.4) is 0 Å². The summed E-state index contributed by atoms with van der Waals surface area (Å²) >= 11 is 0. The zero-order valence-electron chi connectivity index (χ0n) is 11.2. The maximum atomic E-state index is 9.29. The first kappa shape index (κ1) is 14.2. The molecular weight excluding hydrogens is 224 g/mol. The third-order valence-electron chi connectivity index (χ3n) is 3.16. The Kier molecular flexibility index (Phi) is 5.16. The van der Waals surface area contributed by atoms with E-state index < -0.39 is 8.07 Å². The van der Waals surface area contributed by atoms with E-state index in [1.807, 2.05) is 6.92 Å². The maximum Gasteiger partial charge on any atom is 0.0845 e. The average Bonchev–Trinajstić information content (AvgIpc) is 2.27. The van der Waals surface area contributed by atoms with Gasteiger partial charge in [-0.2, -0.15) is 0 Å². The quantitative estimate of drug-likeness (QED) is 0.605. The van der Waals surface area contributed by atoms with Crippen molar-refractivity contribution < 1.29 is 5.11 Å². The molecule has 17 heavy (non-hydrogen) atoms. The number of rotatable bonds is 6. The van der Waals surface area contributed by atoms with Gasteiger partial charge in [-0.1, -0.05) is 54.2 Å². The van der Waals surface area contributed by atoms with E-state index >= 15 is 0 Å². The van der Waals surface area contributed by atoms with Gasteiger partial charge in [-0.3, -0.25) is 0 Å². The van der Waals surface area contributed by atoms with Gasteiger partial charge in [0.25, 0.3) is 0 Å². The van der Waals surface area contributed by atoms with E-state index in [4.69, 9.17) is 0 Å². The molecule has 0 radical (unpaired) electrons. The van der Waals surface area contributed by atoms with Crippen molar-refractivity contribution in [2.24, 2.45) is 0 Å². The van der Waals surface area contributed by atoms with Crippen LogP contribution in [0.15, 0.2) is 42.5 Å². The smallest absolute Gasteiger partial charge is 0.0845 e. The van der Waals surface area contributed by atoms with Crippen LogP contribution in [-0.2, 0) is 0 Å². The molecule has 0 bridgehead atoms. The topological polar surface area (TPSA) is 20.2 Å². The summed E-state index contributed by atoms with van der Waals surface area (Å²) in [6, 6.07) is 11.9. The molecule has 94 valence electrons. The SMILES string of the molecule is C=C(CCC(C)O)C[Si](C)(C)c1ccccc1. The number of allylic oxidation sites excluding steroid dienone is 1. The Morgan fingerprint density at radius 1 is 1.29 bits per heavy atom. The highest BCUT2D eigenvalue weighted by Crippen LogP contribution is 2.19. The van der Waals surface area contributed by atoms with E-state index in [2.05, 4.69) is 50.0 Å². The van der Waals surface area contributed by atoms with Crippen molar-refractivity contribution in [3.05, 3.63) is 42.5 Å². The first-order valence-corrected chi connectivity index (χ1v) is 9.53. The Balaban J connectivity index is 2.58. The van der Waals surface area contributed by atoms with Gasteiger partial charge in [0.15, 0.2) is 0 Å². The van der Waals surface area contributed by atoms with Crippen molar-refractivity contribution in [3.8, 4) is 0 Å². The molecule has 0 saturated heterocycles. The molecule has 1 atom stereocenters. The summed E-state index contributed by atoms with van der Waals surface area (Å²) in [5.74, 6) is 0. The molecular formula is C15H24OSi. The van der Waals surface area contributed by atoms with Crippen LogP contribution in [-0.4, -0.2) is 19.3 Å². The van der Waals surface area contributed by atoms with Crippen molar-refractivity contribution in [1.29, 1.82) is 0 Å². The average molecular weight is 248 g/mol. The Bertz CT molecular complexity index is 354. The lowest BCUT2D eigenvalue weighted by Crippen LogP contribution is -2.41. The highest BCUT2D eigenvalue weighted by atomic mass is 28.3. The lowest BCUT2D eigenvalue weighted by Gasteiger charge is -2.24. The normalized spacial score (nSPS) is 13.4. The Morgan fingerprint density at radius 2 is 1.88 bits per heavy atom. The summed E-state index contributed by atoms with van der Waals surface area (Å²) in [7, 11) is -1.40. The molecule has 1 N–H and O–H groups in total. The number of benzene rings is 1. The molecule has 0 aromatic heterocycles. The molecule has 0 fully saturated rings. The molecule has 1 nitrogen and oxygen atoms in total. The molecule has 0 aliphatic rings. The molecule has 0 spiro atoms. The van der Waals surface area contributed by atoms with Crippen molar-refractivity contribution in [3.63, 3.8) is 0 Å². The molecule has 2 heteroatoms. The molecule has 1 aromatic carbocycles. The van der Waals surface area contributed by atoms with Crippen LogP contribution in [0.2, 0.25) is 19.1 Å². The highest BCUT2D eigenvalue weighted by Gasteiger charge is 2.23. The van der Waals surface area contributed by atoms with Crippen LogP contribution >= 0.6 is 0 Å². The second-order valence-electron chi connectivity index (χ2n) is 5.56. The zero-order chi connectivity index (χ0) is 12.9. The molecule has 0 saturated carbocycles.